The van der Waals surface area contributed by atoms with Crippen LogP contribution in [0.3, 0.4) is 0 Å². The first kappa shape index (κ1) is 16.5. The first-order chi connectivity index (χ1) is 12.8. The van der Waals surface area contributed by atoms with E-state index in [1.165, 1.54) is 11.8 Å². The lowest BCUT2D eigenvalue weighted by atomic mass is 10.2. The number of nitrogens with zero attached hydrogens (tertiary/aromatic N) is 4. The molecule has 0 bridgehead atoms. The van der Waals surface area contributed by atoms with Gasteiger partial charge in [0.05, 0.1) is 20.5 Å². The first-order valence-electron chi connectivity index (χ1n) is 7.88. The van der Waals surface area contributed by atoms with Crippen molar-refractivity contribution in [2.75, 3.05) is 14.2 Å². The Hall–Kier alpha value is -3.00. The van der Waals surface area contributed by atoms with E-state index in [0.29, 0.717) is 22.3 Å². The van der Waals surface area contributed by atoms with Crippen LogP contribution >= 0.6 is 11.8 Å². The molecule has 0 saturated heterocycles. The monoisotopic (exact) mass is 368 g/mol. The summed E-state index contributed by atoms with van der Waals surface area (Å²) in [6.07, 6.45) is 1.62. The molecule has 132 valence electrons. The van der Waals surface area contributed by atoms with Crippen molar-refractivity contribution >= 4 is 17.4 Å². The highest BCUT2D eigenvalue weighted by molar-refractivity contribution is 7.98. The van der Waals surface area contributed by atoms with Crippen LogP contribution in [0, 0.1) is 0 Å². The van der Waals surface area contributed by atoms with Gasteiger partial charge in [-0.1, -0.05) is 11.8 Å². The molecule has 3 aromatic heterocycles. The van der Waals surface area contributed by atoms with Crippen LogP contribution < -0.4 is 9.47 Å². The molecule has 4 rings (SSSR count). The molecule has 26 heavy (non-hydrogen) atoms. The number of ether oxygens (including phenoxy) is 2. The van der Waals surface area contributed by atoms with Crippen molar-refractivity contribution in [3.05, 3.63) is 54.3 Å². The van der Waals surface area contributed by atoms with Crippen LogP contribution in [-0.4, -0.2) is 34.0 Å². The second kappa shape index (κ2) is 7.09. The fourth-order valence-electron chi connectivity index (χ4n) is 2.51. The summed E-state index contributed by atoms with van der Waals surface area (Å²) in [4.78, 5) is 0. The lowest BCUT2D eigenvalue weighted by molar-refractivity contribution is 0.393. The van der Waals surface area contributed by atoms with Crippen molar-refractivity contribution in [2.45, 2.75) is 10.9 Å². The van der Waals surface area contributed by atoms with Gasteiger partial charge in [-0.3, -0.25) is 0 Å². The van der Waals surface area contributed by atoms with Gasteiger partial charge in [0, 0.05) is 11.8 Å². The van der Waals surface area contributed by atoms with Gasteiger partial charge >= 0.3 is 0 Å². The molecule has 0 amide bonds. The standard InChI is InChI=1S/C18H16N4O3S/c1-23-13-8-12(9-14(10-13)24-2)11-26-18-20-19-17-6-5-15(21-22(17)18)16-4-3-7-25-16/h3-10H,11H2,1-2H3. The Labute approximate surface area is 153 Å². The zero-order chi connectivity index (χ0) is 17.9. The Kier molecular flexibility index (Phi) is 4.49. The molecule has 3 heterocycles. The Morgan fingerprint density at radius 2 is 1.85 bits per heavy atom. The number of aromatic nitrogens is 4. The number of hydrogen-bond acceptors (Lipinski definition) is 7. The number of furan rings is 1. The molecular weight excluding hydrogens is 352 g/mol. The van der Waals surface area contributed by atoms with Crippen LogP contribution in [0.5, 0.6) is 11.5 Å². The molecule has 8 heteroatoms. The highest BCUT2D eigenvalue weighted by atomic mass is 32.2. The summed E-state index contributed by atoms with van der Waals surface area (Å²) >= 11 is 1.54. The van der Waals surface area contributed by atoms with E-state index in [2.05, 4.69) is 15.3 Å². The number of thioether (sulfide) groups is 1. The Morgan fingerprint density at radius 3 is 2.54 bits per heavy atom. The third kappa shape index (κ3) is 3.23. The van der Waals surface area contributed by atoms with Crippen molar-refractivity contribution in [3.8, 4) is 23.0 Å². The molecule has 0 radical (unpaired) electrons. The zero-order valence-electron chi connectivity index (χ0n) is 14.2. The SMILES string of the molecule is COc1cc(CSc2nnc3ccc(-c4ccco4)nn23)cc(OC)c1. The summed E-state index contributed by atoms with van der Waals surface area (Å²) in [5.74, 6) is 2.89. The molecule has 4 aromatic rings. The lowest BCUT2D eigenvalue weighted by Crippen LogP contribution is -1.96. The summed E-state index contributed by atoms with van der Waals surface area (Å²) in [6, 6.07) is 13.2. The highest BCUT2D eigenvalue weighted by Gasteiger charge is 2.11. The molecule has 0 spiro atoms. The summed E-state index contributed by atoms with van der Waals surface area (Å²) in [7, 11) is 3.27. The minimum absolute atomic E-state index is 0.682. The van der Waals surface area contributed by atoms with E-state index in [1.807, 2.05) is 42.5 Å². The number of rotatable bonds is 6. The molecule has 0 fully saturated rings. The fourth-order valence-corrected chi connectivity index (χ4v) is 3.33. The lowest BCUT2D eigenvalue weighted by Gasteiger charge is -2.08. The van der Waals surface area contributed by atoms with Crippen LogP contribution in [0.2, 0.25) is 0 Å². The summed E-state index contributed by atoms with van der Waals surface area (Å²) in [5, 5.41) is 13.7. The normalized spacial score (nSPS) is 11.0. The Bertz CT molecular complexity index is 1010. The van der Waals surface area contributed by atoms with Crippen molar-refractivity contribution in [2.24, 2.45) is 0 Å². The van der Waals surface area contributed by atoms with E-state index in [4.69, 9.17) is 13.9 Å². The van der Waals surface area contributed by atoms with Gasteiger partial charge < -0.3 is 13.9 Å². The molecule has 0 aliphatic carbocycles. The van der Waals surface area contributed by atoms with Gasteiger partial charge in [0.2, 0.25) is 5.16 Å². The summed E-state index contributed by atoms with van der Waals surface area (Å²) in [5.41, 5.74) is 2.48. The average molecular weight is 368 g/mol. The predicted octanol–water partition coefficient (Wildman–Crippen LogP) is 3.69. The number of benzene rings is 1. The van der Waals surface area contributed by atoms with E-state index >= 15 is 0 Å². The Morgan fingerprint density at radius 1 is 1.04 bits per heavy atom. The van der Waals surface area contributed by atoms with E-state index < -0.39 is 0 Å². The van der Waals surface area contributed by atoms with Crippen molar-refractivity contribution < 1.29 is 13.9 Å². The van der Waals surface area contributed by atoms with Crippen LogP contribution in [0.15, 0.2) is 58.3 Å². The number of hydrogen-bond donors (Lipinski definition) is 0. The van der Waals surface area contributed by atoms with Gasteiger partial charge in [0.1, 0.15) is 17.2 Å². The van der Waals surface area contributed by atoms with Crippen LogP contribution in [0.25, 0.3) is 17.1 Å². The topological polar surface area (TPSA) is 74.7 Å². The van der Waals surface area contributed by atoms with E-state index in [9.17, 15) is 0 Å². The zero-order valence-corrected chi connectivity index (χ0v) is 15.1. The smallest absolute Gasteiger partial charge is 0.212 e. The summed E-state index contributed by atoms with van der Waals surface area (Å²) < 4.78 is 17.8. The van der Waals surface area contributed by atoms with Gasteiger partial charge in [-0.2, -0.15) is 9.61 Å². The molecule has 0 aliphatic heterocycles. The highest BCUT2D eigenvalue weighted by Crippen LogP contribution is 2.28. The largest absolute Gasteiger partial charge is 0.497 e. The fraction of sp³-hybridized carbons (Fsp3) is 0.167. The van der Waals surface area contributed by atoms with Crippen molar-refractivity contribution in [3.63, 3.8) is 0 Å². The van der Waals surface area contributed by atoms with Gasteiger partial charge in [-0.25, -0.2) is 0 Å². The summed E-state index contributed by atoms with van der Waals surface area (Å²) in [6.45, 7) is 0. The van der Waals surface area contributed by atoms with E-state index in [-0.39, 0.29) is 0 Å². The van der Waals surface area contributed by atoms with Gasteiger partial charge in [0.25, 0.3) is 0 Å². The molecule has 0 atom stereocenters. The van der Waals surface area contributed by atoms with Crippen molar-refractivity contribution in [1.29, 1.82) is 0 Å². The van der Waals surface area contributed by atoms with E-state index in [0.717, 1.165) is 22.8 Å². The van der Waals surface area contributed by atoms with Gasteiger partial charge in [-0.15, -0.1) is 10.2 Å². The third-order valence-electron chi connectivity index (χ3n) is 3.79. The maximum absolute atomic E-state index is 5.41. The molecule has 7 nitrogen and oxygen atoms in total. The first-order valence-corrected chi connectivity index (χ1v) is 8.86. The average Bonchev–Trinajstić information content (AvgIpc) is 3.35. The van der Waals surface area contributed by atoms with E-state index in [1.54, 1.807) is 25.0 Å². The number of methoxy groups -OCH3 is 2. The third-order valence-corrected chi connectivity index (χ3v) is 4.78. The second-order valence-electron chi connectivity index (χ2n) is 5.46. The molecule has 1 aromatic carbocycles. The molecule has 0 saturated carbocycles. The van der Waals surface area contributed by atoms with Gasteiger partial charge in [-0.05, 0) is 42.0 Å². The van der Waals surface area contributed by atoms with Crippen molar-refractivity contribution in [1.82, 2.24) is 19.8 Å². The molecule has 0 unspecified atom stereocenters. The maximum atomic E-state index is 5.41. The minimum atomic E-state index is 0.682. The molecular formula is C18H16N4O3S. The quantitative estimate of drug-likeness (QED) is 0.480. The molecule has 0 N–H and O–H groups in total. The minimum Gasteiger partial charge on any atom is -0.497 e. The molecule has 0 aliphatic rings. The predicted molar refractivity (Wildman–Crippen MR) is 97.6 cm³/mol. The maximum Gasteiger partial charge on any atom is 0.212 e. The van der Waals surface area contributed by atoms with Crippen LogP contribution in [-0.2, 0) is 5.75 Å². The second-order valence-corrected chi connectivity index (χ2v) is 6.40. The number of fused-ring (bicyclic) bond motifs is 1. The Balaban J connectivity index is 1.60. The van der Waals surface area contributed by atoms with Crippen LogP contribution in [0.1, 0.15) is 5.56 Å². The van der Waals surface area contributed by atoms with Gasteiger partial charge in [0.15, 0.2) is 11.4 Å². The van der Waals surface area contributed by atoms with Crippen LogP contribution in [0.4, 0.5) is 0 Å².